The van der Waals surface area contributed by atoms with Crippen molar-refractivity contribution in [2.24, 2.45) is 0 Å². The van der Waals surface area contributed by atoms with Crippen LogP contribution in [0.15, 0.2) is 36.0 Å². The number of hydrogen-bond donors (Lipinski definition) is 0. The molecule has 0 aliphatic rings. The number of ether oxygens (including phenoxy) is 1. The van der Waals surface area contributed by atoms with Crippen molar-refractivity contribution in [2.75, 3.05) is 0 Å². The third-order valence-corrected chi connectivity index (χ3v) is 2.87. The van der Waals surface area contributed by atoms with E-state index in [0.717, 1.165) is 5.56 Å². The Morgan fingerprint density at radius 2 is 2.05 bits per heavy atom. The van der Waals surface area contributed by atoms with Crippen molar-refractivity contribution < 1.29 is 9.53 Å². The zero-order valence-corrected chi connectivity index (χ0v) is 12.5. The van der Waals surface area contributed by atoms with Gasteiger partial charge in [0.25, 0.3) is 0 Å². The molecule has 0 spiro atoms. The zero-order chi connectivity index (χ0) is 15.8. The molecule has 0 N–H and O–H groups in total. The summed E-state index contributed by atoms with van der Waals surface area (Å²) in [6.07, 6.45) is 2.54. The van der Waals surface area contributed by atoms with Crippen molar-refractivity contribution in [3.8, 4) is 12.3 Å². The molecule has 0 fully saturated rings. The number of hydrogen-bond acceptors (Lipinski definition) is 5. The molecule has 0 saturated carbocycles. The molecule has 6 heteroatoms. The van der Waals surface area contributed by atoms with Gasteiger partial charge in [0, 0.05) is 5.02 Å². The van der Waals surface area contributed by atoms with Gasteiger partial charge < -0.3 is 4.74 Å². The molecule has 1 aromatic rings. The first-order valence-corrected chi connectivity index (χ1v) is 6.58. The quantitative estimate of drug-likeness (QED) is 0.362. The summed E-state index contributed by atoms with van der Waals surface area (Å²) in [4.78, 5) is 13.1. The molecule has 0 bridgehead atoms. The molecule has 5 nitrogen and oxygen atoms in total. The second kappa shape index (κ2) is 7.94. The Morgan fingerprint density at radius 1 is 1.43 bits per heavy atom. The summed E-state index contributed by atoms with van der Waals surface area (Å²) < 4.78 is 4.91. The van der Waals surface area contributed by atoms with Crippen LogP contribution in [0.25, 0.3) is 0 Å². The van der Waals surface area contributed by atoms with Gasteiger partial charge in [0.15, 0.2) is 12.3 Å². The molecule has 1 atom stereocenters. The molecule has 1 aromatic carbocycles. The summed E-state index contributed by atoms with van der Waals surface area (Å²) in [6.45, 7) is 3.30. The van der Waals surface area contributed by atoms with Crippen molar-refractivity contribution in [3.63, 3.8) is 0 Å². The molecular formula is C15H14ClN3O2. The standard InChI is InChI=1S/C15H14ClN3O2/c1-3-14(15(20)21-11(2)8-17)19(10-18)9-12-4-6-13(16)7-5-12/h3-7,11H,9H2,1-2H3/b14-3+. The minimum Gasteiger partial charge on any atom is -0.443 e. The van der Waals surface area contributed by atoms with E-state index in [1.165, 1.54) is 17.9 Å². The van der Waals surface area contributed by atoms with Crippen molar-refractivity contribution >= 4 is 17.6 Å². The van der Waals surface area contributed by atoms with E-state index in [2.05, 4.69) is 0 Å². The first-order chi connectivity index (χ1) is 10.0. The van der Waals surface area contributed by atoms with E-state index in [4.69, 9.17) is 21.6 Å². The van der Waals surface area contributed by atoms with Crippen molar-refractivity contribution in [3.05, 3.63) is 46.6 Å². The molecule has 0 aromatic heterocycles. The van der Waals surface area contributed by atoms with Crippen LogP contribution in [0, 0.1) is 22.8 Å². The van der Waals surface area contributed by atoms with Crippen LogP contribution in [0.3, 0.4) is 0 Å². The number of halogens is 1. The van der Waals surface area contributed by atoms with Gasteiger partial charge in [-0.15, -0.1) is 0 Å². The SMILES string of the molecule is C/C=C(\C(=O)OC(C)C#N)N(C#N)Cc1ccc(Cl)cc1. The second-order valence-corrected chi connectivity index (χ2v) is 4.60. The maximum absolute atomic E-state index is 11.9. The highest BCUT2D eigenvalue weighted by Crippen LogP contribution is 2.15. The third-order valence-electron chi connectivity index (χ3n) is 2.61. The molecule has 0 aliphatic carbocycles. The van der Waals surface area contributed by atoms with Crippen LogP contribution in [-0.2, 0) is 16.1 Å². The van der Waals surface area contributed by atoms with Gasteiger partial charge in [-0.05, 0) is 31.5 Å². The minimum absolute atomic E-state index is 0.0922. The first-order valence-electron chi connectivity index (χ1n) is 6.20. The molecule has 0 saturated heterocycles. The molecule has 1 unspecified atom stereocenters. The Hall–Kier alpha value is -2.50. The van der Waals surface area contributed by atoms with E-state index < -0.39 is 12.1 Å². The summed E-state index contributed by atoms with van der Waals surface area (Å²) in [7, 11) is 0. The normalized spacial score (nSPS) is 12.0. The Morgan fingerprint density at radius 3 is 2.52 bits per heavy atom. The van der Waals surface area contributed by atoms with Crippen LogP contribution >= 0.6 is 11.6 Å². The summed E-state index contributed by atoms with van der Waals surface area (Å²) in [5, 5.41) is 18.5. The van der Waals surface area contributed by atoms with Gasteiger partial charge in [-0.25, -0.2) is 4.79 Å². The van der Waals surface area contributed by atoms with E-state index in [0.29, 0.717) is 5.02 Å². The van der Waals surface area contributed by atoms with E-state index in [-0.39, 0.29) is 12.2 Å². The molecule has 0 radical (unpaired) electrons. The molecular weight excluding hydrogens is 290 g/mol. The summed E-state index contributed by atoms with van der Waals surface area (Å²) >= 11 is 5.80. The fourth-order valence-electron chi connectivity index (χ4n) is 1.58. The van der Waals surface area contributed by atoms with Crippen LogP contribution < -0.4 is 0 Å². The van der Waals surface area contributed by atoms with Gasteiger partial charge >= 0.3 is 5.97 Å². The highest BCUT2D eigenvalue weighted by molar-refractivity contribution is 6.30. The average molecular weight is 304 g/mol. The Bertz CT molecular complexity index is 611. The van der Waals surface area contributed by atoms with E-state index >= 15 is 0 Å². The van der Waals surface area contributed by atoms with Crippen molar-refractivity contribution in [2.45, 2.75) is 26.5 Å². The first kappa shape index (κ1) is 16.6. The van der Waals surface area contributed by atoms with Gasteiger partial charge in [-0.3, -0.25) is 4.90 Å². The number of allylic oxidation sites excluding steroid dienone is 1. The third kappa shape index (κ3) is 4.83. The summed E-state index contributed by atoms with van der Waals surface area (Å²) in [6, 6.07) is 8.75. The number of carbonyl (C=O) groups is 1. The van der Waals surface area contributed by atoms with Crippen LogP contribution in [0.2, 0.25) is 5.02 Å². The van der Waals surface area contributed by atoms with Gasteiger partial charge in [0.05, 0.1) is 6.54 Å². The predicted molar refractivity (Wildman–Crippen MR) is 77.5 cm³/mol. The molecule has 21 heavy (non-hydrogen) atoms. The number of carbonyl (C=O) groups excluding carboxylic acids is 1. The predicted octanol–water partition coefficient (Wildman–Crippen LogP) is 2.98. The average Bonchev–Trinajstić information content (AvgIpc) is 2.48. The number of rotatable bonds is 5. The molecule has 0 heterocycles. The molecule has 0 aliphatic heterocycles. The highest BCUT2D eigenvalue weighted by Gasteiger charge is 2.20. The maximum atomic E-state index is 11.9. The van der Waals surface area contributed by atoms with Gasteiger partial charge in [0.2, 0.25) is 0 Å². The van der Waals surface area contributed by atoms with E-state index in [1.807, 2.05) is 6.19 Å². The van der Waals surface area contributed by atoms with Crippen molar-refractivity contribution in [1.29, 1.82) is 10.5 Å². The Labute approximate surface area is 128 Å². The highest BCUT2D eigenvalue weighted by atomic mass is 35.5. The summed E-state index contributed by atoms with van der Waals surface area (Å²) in [5.41, 5.74) is 0.913. The van der Waals surface area contributed by atoms with E-state index in [1.54, 1.807) is 37.3 Å². The number of esters is 1. The maximum Gasteiger partial charge on any atom is 0.356 e. The minimum atomic E-state index is -0.872. The summed E-state index contributed by atoms with van der Waals surface area (Å²) in [5.74, 6) is -0.706. The number of nitriles is 2. The lowest BCUT2D eigenvalue weighted by Gasteiger charge is -2.18. The van der Waals surface area contributed by atoms with Crippen LogP contribution in [0.4, 0.5) is 0 Å². The second-order valence-electron chi connectivity index (χ2n) is 4.16. The smallest absolute Gasteiger partial charge is 0.356 e. The Kier molecular flexibility index (Phi) is 6.26. The van der Waals surface area contributed by atoms with Crippen LogP contribution in [-0.4, -0.2) is 17.0 Å². The lowest BCUT2D eigenvalue weighted by Crippen LogP contribution is -2.26. The monoisotopic (exact) mass is 303 g/mol. The fourth-order valence-corrected chi connectivity index (χ4v) is 1.70. The number of benzene rings is 1. The largest absolute Gasteiger partial charge is 0.443 e. The van der Waals surface area contributed by atoms with Gasteiger partial charge in [-0.2, -0.15) is 10.5 Å². The van der Waals surface area contributed by atoms with E-state index in [9.17, 15) is 10.1 Å². The van der Waals surface area contributed by atoms with Crippen LogP contribution in [0.1, 0.15) is 19.4 Å². The lowest BCUT2D eigenvalue weighted by atomic mass is 10.2. The lowest BCUT2D eigenvalue weighted by molar-refractivity contribution is -0.142. The fraction of sp³-hybridized carbons (Fsp3) is 0.267. The molecule has 108 valence electrons. The Balaban J connectivity index is 2.87. The number of nitrogens with zero attached hydrogens (tertiary/aromatic N) is 3. The molecule has 0 amide bonds. The zero-order valence-electron chi connectivity index (χ0n) is 11.7. The van der Waals surface area contributed by atoms with Gasteiger partial charge in [-0.1, -0.05) is 29.8 Å². The van der Waals surface area contributed by atoms with Crippen LogP contribution in [0.5, 0.6) is 0 Å². The van der Waals surface area contributed by atoms with Crippen molar-refractivity contribution in [1.82, 2.24) is 4.90 Å². The topological polar surface area (TPSA) is 77.1 Å². The molecule has 1 rings (SSSR count). The van der Waals surface area contributed by atoms with Gasteiger partial charge in [0.1, 0.15) is 11.8 Å².